The fourth-order valence-electron chi connectivity index (χ4n) is 2.52. The molecule has 1 fully saturated rings. The Bertz CT molecular complexity index is 438. The molecule has 1 atom stereocenters. The van der Waals surface area contributed by atoms with Crippen LogP contribution in [0.15, 0.2) is 24.3 Å². The standard InChI is InChI=1S/C16H23ClN2O/c1-12-7-9-19(10-8-12)13(2)16(20)18-11-14-3-5-15(17)6-4-14/h3-6,12-13H,7-11H2,1-2H3,(H,18,20)/t13-/m1/s1. The maximum absolute atomic E-state index is 12.2. The number of halogens is 1. The van der Waals surface area contributed by atoms with E-state index in [9.17, 15) is 4.79 Å². The Morgan fingerprint density at radius 2 is 1.95 bits per heavy atom. The number of carbonyl (C=O) groups excluding carboxylic acids is 1. The van der Waals surface area contributed by atoms with Crippen LogP contribution in [-0.2, 0) is 11.3 Å². The second kappa shape index (κ2) is 7.09. The van der Waals surface area contributed by atoms with Gasteiger partial charge in [-0.15, -0.1) is 0 Å². The van der Waals surface area contributed by atoms with Gasteiger partial charge in [0.2, 0.25) is 5.91 Å². The quantitative estimate of drug-likeness (QED) is 0.925. The molecule has 0 radical (unpaired) electrons. The van der Waals surface area contributed by atoms with Crippen LogP contribution in [0.4, 0.5) is 0 Å². The Morgan fingerprint density at radius 1 is 1.35 bits per heavy atom. The number of amides is 1. The summed E-state index contributed by atoms with van der Waals surface area (Å²) in [5.41, 5.74) is 1.07. The Labute approximate surface area is 126 Å². The molecule has 4 heteroatoms. The first-order valence-electron chi connectivity index (χ1n) is 7.32. The number of nitrogens with zero attached hydrogens (tertiary/aromatic N) is 1. The number of benzene rings is 1. The molecule has 20 heavy (non-hydrogen) atoms. The van der Waals surface area contributed by atoms with E-state index in [0.29, 0.717) is 6.54 Å². The van der Waals surface area contributed by atoms with Gasteiger partial charge in [0.15, 0.2) is 0 Å². The highest BCUT2D eigenvalue weighted by Gasteiger charge is 2.24. The molecule has 1 amide bonds. The number of carbonyl (C=O) groups is 1. The molecule has 110 valence electrons. The van der Waals surface area contributed by atoms with Crippen molar-refractivity contribution in [3.05, 3.63) is 34.9 Å². The van der Waals surface area contributed by atoms with Gasteiger partial charge in [-0.1, -0.05) is 30.7 Å². The van der Waals surface area contributed by atoms with Crippen LogP contribution in [0.3, 0.4) is 0 Å². The van der Waals surface area contributed by atoms with E-state index in [4.69, 9.17) is 11.6 Å². The van der Waals surface area contributed by atoms with E-state index in [1.54, 1.807) is 0 Å². The van der Waals surface area contributed by atoms with Gasteiger partial charge < -0.3 is 5.32 Å². The highest BCUT2D eigenvalue weighted by Crippen LogP contribution is 2.18. The van der Waals surface area contributed by atoms with E-state index in [1.165, 1.54) is 12.8 Å². The Kier molecular flexibility index (Phi) is 5.44. The lowest BCUT2D eigenvalue weighted by molar-refractivity contribution is -0.126. The minimum atomic E-state index is -0.0465. The molecular formula is C16H23ClN2O. The van der Waals surface area contributed by atoms with Crippen LogP contribution in [0, 0.1) is 5.92 Å². The number of hydrogen-bond acceptors (Lipinski definition) is 2. The van der Waals surface area contributed by atoms with E-state index < -0.39 is 0 Å². The molecule has 1 heterocycles. The molecule has 0 spiro atoms. The van der Waals surface area contributed by atoms with Crippen LogP contribution in [0.2, 0.25) is 5.02 Å². The third kappa shape index (κ3) is 4.22. The fourth-order valence-corrected chi connectivity index (χ4v) is 2.65. The second-order valence-electron chi connectivity index (χ2n) is 5.74. The van der Waals surface area contributed by atoms with Gasteiger partial charge in [-0.05, 0) is 56.5 Å². The Balaban J connectivity index is 1.80. The molecule has 0 aliphatic carbocycles. The van der Waals surface area contributed by atoms with Crippen molar-refractivity contribution in [3.8, 4) is 0 Å². The average molecular weight is 295 g/mol. The zero-order valence-electron chi connectivity index (χ0n) is 12.2. The number of hydrogen-bond donors (Lipinski definition) is 1. The molecule has 2 rings (SSSR count). The maximum Gasteiger partial charge on any atom is 0.237 e. The van der Waals surface area contributed by atoms with Crippen LogP contribution in [-0.4, -0.2) is 29.9 Å². The number of piperidine rings is 1. The van der Waals surface area contributed by atoms with Gasteiger partial charge in [-0.25, -0.2) is 0 Å². The van der Waals surface area contributed by atoms with Gasteiger partial charge in [0, 0.05) is 11.6 Å². The summed E-state index contributed by atoms with van der Waals surface area (Å²) in [6.07, 6.45) is 2.38. The van der Waals surface area contributed by atoms with E-state index >= 15 is 0 Å². The first-order valence-corrected chi connectivity index (χ1v) is 7.70. The number of likely N-dealkylation sites (tertiary alicyclic amines) is 1. The summed E-state index contributed by atoms with van der Waals surface area (Å²) in [4.78, 5) is 14.5. The summed E-state index contributed by atoms with van der Waals surface area (Å²) in [7, 11) is 0. The van der Waals surface area contributed by atoms with Crippen LogP contribution in [0.5, 0.6) is 0 Å². The zero-order chi connectivity index (χ0) is 14.5. The smallest absolute Gasteiger partial charge is 0.237 e. The van der Waals surface area contributed by atoms with Gasteiger partial charge in [-0.2, -0.15) is 0 Å². The molecule has 0 saturated carbocycles. The minimum absolute atomic E-state index is 0.0465. The first-order chi connectivity index (χ1) is 9.56. The van der Waals surface area contributed by atoms with Crippen LogP contribution >= 0.6 is 11.6 Å². The summed E-state index contributed by atoms with van der Waals surface area (Å²) in [6, 6.07) is 7.53. The summed E-state index contributed by atoms with van der Waals surface area (Å²) < 4.78 is 0. The van der Waals surface area contributed by atoms with Crippen molar-refractivity contribution in [2.45, 2.75) is 39.3 Å². The molecule has 1 aromatic carbocycles. The summed E-state index contributed by atoms with van der Waals surface area (Å²) in [5.74, 6) is 0.894. The molecule has 1 aliphatic heterocycles. The molecule has 1 saturated heterocycles. The normalized spacial score (nSPS) is 18.8. The van der Waals surface area contributed by atoms with Crippen molar-refractivity contribution in [1.29, 1.82) is 0 Å². The Morgan fingerprint density at radius 3 is 2.55 bits per heavy atom. The van der Waals surface area contributed by atoms with Crippen molar-refractivity contribution in [2.24, 2.45) is 5.92 Å². The highest BCUT2D eigenvalue weighted by atomic mass is 35.5. The van der Waals surface area contributed by atoms with Gasteiger partial charge in [-0.3, -0.25) is 9.69 Å². The third-order valence-electron chi connectivity index (χ3n) is 4.13. The van der Waals surface area contributed by atoms with Gasteiger partial charge in [0.1, 0.15) is 0 Å². The highest BCUT2D eigenvalue weighted by molar-refractivity contribution is 6.30. The summed E-state index contributed by atoms with van der Waals surface area (Å²) >= 11 is 5.84. The largest absolute Gasteiger partial charge is 0.351 e. The van der Waals surface area contributed by atoms with Crippen LogP contribution in [0.1, 0.15) is 32.3 Å². The van der Waals surface area contributed by atoms with Crippen molar-refractivity contribution >= 4 is 17.5 Å². The lowest BCUT2D eigenvalue weighted by atomic mass is 9.98. The summed E-state index contributed by atoms with van der Waals surface area (Å²) in [6.45, 7) is 6.88. The minimum Gasteiger partial charge on any atom is -0.351 e. The molecule has 1 aliphatic rings. The second-order valence-corrected chi connectivity index (χ2v) is 6.18. The molecule has 1 aromatic rings. The van der Waals surface area contributed by atoms with Crippen LogP contribution < -0.4 is 5.32 Å². The van der Waals surface area contributed by atoms with Gasteiger partial charge >= 0.3 is 0 Å². The first kappa shape index (κ1) is 15.3. The number of nitrogens with one attached hydrogen (secondary N) is 1. The topological polar surface area (TPSA) is 32.3 Å². The molecule has 1 N–H and O–H groups in total. The molecule has 0 bridgehead atoms. The fraction of sp³-hybridized carbons (Fsp3) is 0.562. The number of rotatable bonds is 4. The molecule has 0 unspecified atom stereocenters. The van der Waals surface area contributed by atoms with E-state index in [1.807, 2.05) is 31.2 Å². The molecule has 3 nitrogen and oxygen atoms in total. The van der Waals surface area contributed by atoms with Crippen LogP contribution in [0.25, 0.3) is 0 Å². The zero-order valence-corrected chi connectivity index (χ0v) is 13.0. The van der Waals surface area contributed by atoms with Gasteiger partial charge in [0.25, 0.3) is 0 Å². The third-order valence-corrected chi connectivity index (χ3v) is 4.38. The predicted octanol–water partition coefficient (Wildman–Crippen LogP) is 3.08. The van der Waals surface area contributed by atoms with E-state index in [-0.39, 0.29) is 11.9 Å². The Hall–Kier alpha value is -1.06. The monoisotopic (exact) mass is 294 g/mol. The average Bonchev–Trinajstić information content (AvgIpc) is 2.46. The molecule has 0 aromatic heterocycles. The van der Waals surface area contributed by atoms with E-state index in [2.05, 4.69) is 17.1 Å². The SMILES string of the molecule is CC1CCN([C@H](C)C(=O)NCc2ccc(Cl)cc2)CC1. The predicted molar refractivity (Wildman–Crippen MR) is 82.7 cm³/mol. The maximum atomic E-state index is 12.2. The van der Waals surface area contributed by atoms with Crippen molar-refractivity contribution in [3.63, 3.8) is 0 Å². The van der Waals surface area contributed by atoms with Crippen molar-refractivity contribution in [1.82, 2.24) is 10.2 Å². The van der Waals surface area contributed by atoms with Gasteiger partial charge in [0.05, 0.1) is 6.04 Å². The lowest BCUT2D eigenvalue weighted by Gasteiger charge is -2.34. The van der Waals surface area contributed by atoms with Crippen molar-refractivity contribution in [2.75, 3.05) is 13.1 Å². The van der Waals surface area contributed by atoms with Crippen molar-refractivity contribution < 1.29 is 4.79 Å². The van der Waals surface area contributed by atoms with E-state index in [0.717, 1.165) is 29.6 Å². The lowest BCUT2D eigenvalue weighted by Crippen LogP contribution is -2.47. The molecular weight excluding hydrogens is 272 g/mol. The summed E-state index contributed by atoms with van der Waals surface area (Å²) in [5, 5.41) is 3.72.